The predicted molar refractivity (Wildman–Crippen MR) is 92.9 cm³/mol. The highest BCUT2D eigenvalue weighted by atomic mass is 19.1. The lowest BCUT2D eigenvalue weighted by Gasteiger charge is -2.12. The largest absolute Gasteiger partial charge is 0.358 e. The molecular formula is C19H17F2N3O. The van der Waals surface area contributed by atoms with E-state index in [1.807, 2.05) is 32.0 Å². The van der Waals surface area contributed by atoms with Crippen molar-refractivity contribution < 1.29 is 13.6 Å². The fourth-order valence-electron chi connectivity index (χ4n) is 2.29. The van der Waals surface area contributed by atoms with Gasteiger partial charge < -0.3 is 10.6 Å². The van der Waals surface area contributed by atoms with E-state index in [4.69, 9.17) is 0 Å². The number of carbonyl (C=O) groups is 1. The fourth-order valence-corrected chi connectivity index (χ4v) is 2.29. The quantitative estimate of drug-likeness (QED) is 0.630. The van der Waals surface area contributed by atoms with Gasteiger partial charge in [0, 0.05) is 18.0 Å². The van der Waals surface area contributed by atoms with Crippen LogP contribution in [0.3, 0.4) is 0 Å². The molecule has 0 spiro atoms. The molecule has 0 unspecified atom stereocenters. The minimum atomic E-state index is -0.818. The first kappa shape index (κ1) is 18.1. The van der Waals surface area contributed by atoms with E-state index in [-0.39, 0.29) is 11.3 Å². The summed E-state index contributed by atoms with van der Waals surface area (Å²) in [6.45, 7) is 3.82. The Morgan fingerprint density at radius 1 is 1.28 bits per heavy atom. The lowest BCUT2D eigenvalue weighted by atomic mass is 10.1. The second-order valence-corrected chi connectivity index (χ2v) is 5.36. The van der Waals surface area contributed by atoms with Crippen molar-refractivity contribution in [3.05, 3.63) is 70.9 Å². The van der Waals surface area contributed by atoms with Crippen LogP contribution in [-0.2, 0) is 11.2 Å². The van der Waals surface area contributed by atoms with Crippen molar-refractivity contribution in [1.82, 2.24) is 0 Å². The zero-order valence-electron chi connectivity index (χ0n) is 13.9. The molecule has 25 heavy (non-hydrogen) atoms. The standard InChI is InChI=1S/C19H17F2N3O/c1-3-13-6-4-5-12(2)18(13)24-19(25)14(10-22)11-23-17-8-7-15(20)9-16(17)21/h4-9,11,23H,3H2,1-2H3,(H,24,25)/b14-11-. The molecule has 0 heterocycles. The number of carbonyl (C=O) groups excluding carboxylic acids is 1. The van der Waals surface area contributed by atoms with E-state index in [0.717, 1.165) is 29.8 Å². The van der Waals surface area contributed by atoms with Crippen molar-refractivity contribution >= 4 is 17.3 Å². The smallest absolute Gasteiger partial charge is 0.267 e. The van der Waals surface area contributed by atoms with Crippen molar-refractivity contribution in [1.29, 1.82) is 5.26 Å². The average molecular weight is 341 g/mol. The maximum atomic E-state index is 13.6. The third kappa shape index (κ3) is 4.42. The van der Waals surface area contributed by atoms with Gasteiger partial charge in [-0.15, -0.1) is 0 Å². The summed E-state index contributed by atoms with van der Waals surface area (Å²) in [6, 6.07) is 10.4. The maximum absolute atomic E-state index is 13.6. The first-order valence-corrected chi connectivity index (χ1v) is 7.68. The molecule has 0 radical (unpaired) electrons. The van der Waals surface area contributed by atoms with Gasteiger partial charge in [0.1, 0.15) is 23.3 Å². The van der Waals surface area contributed by atoms with Gasteiger partial charge in [-0.1, -0.05) is 25.1 Å². The van der Waals surface area contributed by atoms with Crippen LogP contribution in [0.25, 0.3) is 0 Å². The predicted octanol–water partition coefficient (Wildman–Crippen LogP) is 4.29. The molecule has 0 atom stereocenters. The normalized spacial score (nSPS) is 10.9. The first-order chi connectivity index (χ1) is 12.0. The van der Waals surface area contributed by atoms with E-state index in [9.17, 15) is 18.8 Å². The van der Waals surface area contributed by atoms with E-state index >= 15 is 0 Å². The number of benzene rings is 2. The summed E-state index contributed by atoms with van der Waals surface area (Å²) >= 11 is 0. The monoisotopic (exact) mass is 341 g/mol. The molecule has 6 heteroatoms. The molecule has 0 bridgehead atoms. The molecule has 2 N–H and O–H groups in total. The van der Waals surface area contributed by atoms with Crippen LogP contribution in [0, 0.1) is 29.9 Å². The number of aryl methyl sites for hydroxylation is 2. The van der Waals surface area contributed by atoms with Crippen molar-refractivity contribution in [2.24, 2.45) is 0 Å². The second-order valence-electron chi connectivity index (χ2n) is 5.36. The van der Waals surface area contributed by atoms with E-state index in [0.29, 0.717) is 11.8 Å². The van der Waals surface area contributed by atoms with Crippen molar-refractivity contribution in [3.8, 4) is 6.07 Å². The number of hydrogen-bond donors (Lipinski definition) is 2. The van der Waals surface area contributed by atoms with Crippen molar-refractivity contribution in [2.45, 2.75) is 20.3 Å². The van der Waals surface area contributed by atoms with Crippen LogP contribution in [0.4, 0.5) is 20.2 Å². The zero-order chi connectivity index (χ0) is 18.4. The number of anilines is 2. The van der Waals surface area contributed by atoms with E-state index in [1.165, 1.54) is 6.07 Å². The van der Waals surface area contributed by atoms with E-state index < -0.39 is 17.5 Å². The van der Waals surface area contributed by atoms with Gasteiger partial charge in [0.15, 0.2) is 0 Å². The molecule has 0 aliphatic carbocycles. The molecule has 2 rings (SSSR count). The number of nitrogens with one attached hydrogen (secondary N) is 2. The molecule has 0 aromatic heterocycles. The first-order valence-electron chi connectivity index (χ1n) is 7.68. The molecule has 0 saturated carbocycles. The number of para-hydroxylation sites is 1. The molecule has 0 aliphatic heterocycles. The Kier molecular flexibility index (Phi) is 5.85. The highest BCUT2D eigenvalue weighted by Gasteiger charge is 2.13. The van der Waals surface area contributed by atoms with Gasteiger partial charge in [-0.3, -0.25) is 4.79 Å². The van der Waals surface area contributed by atoms with Gasteiger partial charge in [0.25, 0.3) is 5.91 Å². The van der Waals surface area contributed by atoms with Crippen LogP contribution in [0.15, 0.2) is 48.2 Å². The maximum Gasteiger partial charge on any atom is 0.267 e. The fraction of sp³-hybridized carbons (Fsp3) is 0.158. The van der Waals surface area contributed by atoms with Gasteiger partial charge in [0.05, 0.1) is 5.69 Å². The second kappa shape index (κ2) is 8.06. The molecule has 1 amide bonds. The number of nitrogens with zero attached hydrogens (tertiary/aromatic N) is 1. The summed E-state index contributed by atoms with van der Waals surface area (Å²) in [6.07, 6.45) is 1.82. The van der Waals surface area contributed by atoms with Crippen LogP contribution >= 0.6 is 0 Å². The molecule has 0 aliphatic rings. The lowest BCUT2D eigenvalue weighted by Crippen LogP contribution is -2.16. The third-order valence-electron chi connectivity index (χ3n) is 3.65. The van der Waals surface area contributed by atoms with Crippen LogP contribution in [0.1, 0.15) is 18.1 Å². The zero-order valence-corrected chi connectivity index (χ0v) is 13.9. The number of nitriles is 1. The highest BCUT2D eigenvalue weighted by Crippen LogP contribution is 2.22. The molecule has 2 aromatic rings. The van der Waals surface area contributed by atoms with Crippen LogP contribution < -0.4 is 10.6 Å². The number of halogens is 2. The Bertz CT molecular complexity index is 869. The average Bonchev–Trinajstić information content (AvgIpc) is 2.58. The Morgan fingerprint density at radius 3 is 2.68 bits per heavy atom. The highest BCUT2D eigenvalue weighted by molar-refractivity contribution is 6.07. The van der Waals surface area contributed by atoms with Gasteiger partial charge in [0.2, 0.25) is 0 Å². The Morgan fingerprint density at radius 2 is 2.04 bits per heavy atom. The van der Waals surface area contributed by atoms with Gasteiger partial charge in [-0.25, -0.2) is 8.78 Å². The lowest BCUT2D eigenvalue weighted by molar-refractivity contribution is -0.112. The summed E-state index contributed by atoms with van der Waals surface area (Å²) in [5.41, 5.74) is 2.22. The molecule has 0 fully saturated rings. The van der Waals surface area contributed by atoms with Crippen LogP contribution in [0.2, 0.25) is 0 Å². The van der Waals surface area contributed by atoms with Gasteiger partial charge in [-0.05, 0) is 36.6 Å². The Balaban J connectivity index is 2.20. The van der Waals surface area contributed by atoms with Crippen LogP contribution in [0.5, 0.6) is 0 Å². The van der Waals surface area contributed by atoms with Crippen molar-refractivity contribution in [2.75, 3.05) is 10.6 Å². The SMILES string of the molecule is CCc1cccc(C)c1NC(=O)/C(C#N)=C\Nc1ccc(F)cc1F. The summed E-state index contributed by atoms with van der Waals surface area (Å²) < 4.78 is 26.5. The van der Waals surface area contributed by atoms with Gasteiger partial charge in [-0.2, -0.15) is 5.26 Å². The third-order valence-corrected chi connectivity index (χ3v) is 3.65. The number of hydrogen-bond acceptors (Lipinski definition) is 3. The Labute approximate surface area is 144 Å². The molecule has 128 valence electrons. The minimum Gasteiger partial charge on any atom is -0.358 e. The Hall–Kier alpha value is -3.20. The minimum absolute atomic E-state index is 0.0351. The molecule has 4 nitrogen and oxygen atoms in total. The molecule has 0 saturated heterocycles. The van der Waals surface area contributed by atoms with E-state index in [1.54, 1.807) is 6.07 Å². The van der Waals surface area contributed by atoms with Crippen molar-refractivity contribution in [3.63, 3.8) is 0 Å². The summed E-state index contributed by atoms with van der Waals surface area (Å²) in [5, 5.41) is 14.4. The summed E-state index contributed by atoms with van der Waals surface area (Å²) in [4.78, 5) is 12.3. The summed E-state index contributed by atoms with van der Waals surface area (Å²) in [5.74, 6) is -2.14. The number of amides is 1. The van der Waals surface area contributed by atoms with Gasteiger partial charge >= 0.3 is 0 Å². The summed E-state index contributed by atoms with van der Waals surface area (Å²) in [7, 11) is 0. The van der Waals surface area contributed by atoms with E-state index in [2.05, 4.69) is 10.6 Å². The molecule has 2 aromatic carbocycles. The topological polar surface area (TPSA) is 64.9 Å². The molecular weight excluding hydrogens is 324 g/mol. The number of rotatable bonds is 5. The van der Waals surface area contributed by atoms with Crippen LogP contribution in [-0.4, -0.2) is 5.91 Å².